The summed E-state index contributed by atoms with van der Waals surface area (Å²) in [7, 11) is -9.20. The van der Waals surface area contributed by atoms with Gasteiger partial charge in [0.1, 0.15) is 0 Å². The third-order valence-electron chi connectivity index (χ3n) is 4.33. The number of nitro groups is 1. The van der Waals surface area contributed by atoms with E-state index in [2.05, 4.69) is 19.3 Å². The van der Waals surface area contributed by atoms with Crippen molar-refractivity contribution in [1.82, 2.24) is 0 Å². The SMILES string of the molecule is CCN(CC)c1ccc(N=Nc2ccc(S(=O)(=O)CCOS(=O)(=O)[O-])cc2[N+](=O)[O-])cc1.[Na+]. The fourth-order valence-corrected chi connectivity index (χ4v) is 4.22. The second-order valence-electron chi connectivity index (χ2n) is 6.35. The first-order valence-electron chi connectivity index (χ1n) is 9.35. The van der Waals surface area contributed by atoms with Crippen LogP contribution in [0.2, 0.25) is 0 Å². The van der Waals surface area contributed by atoms with Gasteiger partial charge in [0.25, 0.3) is 5.69 Å². The zero-order chi connectivity index (χ0) is 23.9. The van der Waals surface area contributed by atoms with Crippen molar-refractivity contribution in [2.45, 2.75) is 18.7 Å². The van der Waals surface area contributed by atoms with Gasteiger partial charge >= 0.3 is 29.6 Å². The zero-order valence-electron chi connectivity index (χ0n) is 18.2. The Balaban J connectivity index is 0.00000544. The number of nitrogens with zero attached hydrogens (tertiary/aromatic N) is 4. The van der Waals surface area contributed by atoms with E-state index in [1.807, 2.05) is 26.0 Å². The van der Waals surface area contributed by atoms with Crippen LogP contribution in [0.25, 0.3) is 0 Å². The molecule has 2 aromatic rings. The smallest absolute Gasteiger partial charge is 0.726 e. The van der Waals surface area contributed by atoms with Crippen molar-refractivity contribution in [2.75, 3.05) is 30.3 Å². The van der Waals surface area contributed by atoms with Gasteiger partial charge in [-0.1, -0.05) is 0 Å². The van der Waals surface area contributed by atoms with E-state index in [-0.39, 0.29) is 35.2 Å². The van der Waals surface area contributed by atoms with Crippen molar-refractivity contribution in [1.29, 1.82) is 0 Å². The second kappa shape index (κ2) is 12.5. The van der Waals surface area contributed by atoms with Crippen LogP contribution < -0.4 is 34.5 Å². The minimum atomic E-state index is -5.05. The van der Waals surface area contributed by atoms with Gasteiger partial charge in [-0.25, -0.2) is 16.8 Å². The number of benzene rings is 2. The summed E-state index contributed by atoms with van der Waals surface area (Å²) >= 11 is 0. The molecule has 0 N–H and O–H groups in total. The summed E-state index contributed by atoms with van der Waals surface area (Å²) in [6.45, 7) is 4.81. The van der Waals surface area contributed by atoms with Crippen LogP contribution in [-0.4, -0.2) is 51.8 Å². The topological polar surface area (TPSA) is 172 Å². The molecule has 2 aromatic carbocycles. The van der Waals surface area contributed by atoms with E-state index in [4.69, 9.17) is 0 Å². The molecule has 174 valence electrons. The Bertz CT molecular complexity index is 1200. The first kappa shape index (κ1) is 29.1. The van der Waals surface area contributed by atoms with Crippen LogP contribution in [0.3, 0.4) is 0 Å². The minimum absolute atomic E-state index is 0. The van der Waals surface area contributed by atoms with Gasteiger partial charge in [-0.05, 0) is 50.2 Å². The Hall–Kier alpha value is -1.94. The molecule has 0 saturated heterocycles. The van der Waals surface area contributed by atoms with Gasteiger partial charge in [0.05, 0.1) is 27.9 Å². The van der Waals surface area contributed by atoms with E-state index in [1.165, 1.54) is 0 Å². The summed E-state index contributed by atoms with van der Waals surface area (Å²) in [5.74, 6) is -0.856. The molecule has 12 nitrogen and oxygen atoms in total. The van der Waals surface area contributed by atoms with Crippen molar-refractivity contribution in [2.24, 2.45) is 10.2 Å². The Morgan fingerprint density at radius 1 is 1.00 bits per heavy atom. The fraction of sp³-hybridized carbons (Fsp3) is 0.333. The average molecular weight is 509 g/mol. The number of anilines is 1. The van der Waals surface area contributed by atoms with Crippen LogP contribution in [-0.2, 0) is 24.4 Å². The first-order chi connectivity index (χ1) is 15.0. The van der Waals surface area contributed by atoms with E-state index in [0.29, 0.717) is 5.69 Å². The summed E-state index contributed by atoms with van der Waals surface area (Å²) in [6, 6.07) is 10.1. The second-order valence-corrected chi connectivity index (χ2v) is 9.51. The van der Waals surface area contributed by atoms with Crippen molar-refractivity contribution in [3.8, 4) is 0 Å². The molecule has 33 heavy (non-hydrogen) atoms. The Labute approximate surface area is 214 Å². The Kier molecular flexibility index (Phi) is 11.0. The minimum Gasteiger partial charge on any atom is -0.726 e. The van der Waals surface area contributed by atoms with Crippen molar-refractivity contribution in [3.05, 3.63) is 52.6 Å². The maximum Gasteiger partial charge on any atom is 1.00 e. The quantitative estimate of drug-likeness (QED) is 0.102. The van der Waals surface area contributed by atoms with E-state index >= 15 is 0 Å². The molecule has 0 fully saturated rings. The van der Waals surface area contributed by atoms with Gasteiger partial charge in [0.15, 0.2) is 15.5 Å². The van der Waals surface area contributed by atoms with Gasteiger partial charge in [-0.15, -0.1) is 5.11 Å². The van der Waals surface area contributed by atoms with Gasteiger partial charge in [0, 0.05) is 24.8 Å². The fourth-order valence-electron chi connectivity index (χ4n) is 2.72. The van der Waals surface area contributed by atoms with Crippen molar-refractivity contribution in [3.63, 3.8) is 0 Å². The van der Waals surface area contributed by atoms with Gasteiger partial charge in [-0.3, -0.25) is 14.3 Å². The summed E-state index contributed by atoms with van der Waals surface area (Å²) in [6.07, 6.45) is 0. The molecule has 0 aromatic heterocycles. The van der Waals surface area contributed by atoms with Crippen molar-refractivity contribution < 1.29 is 60.1 Å². The maximum absolute atomic E-state index is 12.3. The van der Waals surface area contributed by atoms with E-state index in [9.17, 15) is 31.5 Å². The monoisotopic (exact) mass is 508 g/mol. The molecule has 2 rings (SSSR count). The molecular formula is C18H21N4NaO8S2. The van der Waals surface area contributed by atoms with E-state index in [1.54, 1.807) is 12.1 Å². The summed E-state index contributed by atoms with van der Waals surface area (Å²) < 4.78 is 59.7. The summed E-state index contributed by atoms with van der Waals surface area (Å²) in [4.78, 5) is 12.3. The number of sulfone groups is 1. The summed E-state index contributed by atoms with van der Waals surface area (Å²) in [5, 5.41) is 19.2. The summed E-state index contributed by atoms with van der Waals surface area (Å²) in [5.41, 5.74) is 0.665. The molecule has 0 unspecified atom stereocenters. The van der Waals surface area contributed by atoms with E-state index in [0.717, 1.165) is 37.0 Å². The molecule has 0 amide bonds. The number of rotatable bonds is 11. The van der Waals surface area contributed by atoms with Crippen LogP contribution >= 0.6 is 0 Å². The number of hydrogen-bond acceptors (Lipinski definition) is 11. The zero-order valence-corrected chi connectivity index (χ0v) is 21.9. The Morgan fingerprint density at radius 3 is 2.12 bits per heavy atom. The van der Waals surface area contributed by atoms with Crippen LogP contribution in [0.5, 0.6) is 0 Å². The largest absolute Gasteiger partial charge is 1.00 e. The van der Waals surface area contributed by atoms with Crippen LogP contribution in [0.15, 0.2) is 57.6 Å². The Morgan fingerprint density at radius 2 is 1.61 bits per heavy atom. The van der Waals surface area contributed by atoms with Crippen LogP contribution in [0.4, 0.5) is 22.7 Å². The van der Waals surface area contributed by atoms with Gasteiger partial charge in [0.2, 0.25) is 10.4 Å². The number of azo groups is 1. The van der Waals surface area contributed by atoms with Crippen molar-refractivity contribution >= 4 is 43.0 Å². The molecule has 0 atom stereocenters. The number of nitro benzene ring substituents is 1. The molecular weight excluding hydrogens is 487 g/mol. The predicted octanol–water partition coefficient (Wildman–Crippen LogP) is 0.111. The van der Waals surface area contributed by atoms with E-state index < -0.39 is 48.1 Å². The maximum atomic E-state index is 12.3. The average Bonchev–Trinajstić information content (AvgIpc) is 2.72. The van der Waals surface area contributed by atoms with Crippen LogP contribution in [0, 0.1) is 10.1 Å². The molecule has 0 radical (unpaired) electrons. The molecule has 0 aliphatic rings. The molecule has 0 aliphatic heterocycles. The van der Waals surface area contributed by atoms with Gasteiger partial charge in [-0.2, -0.15) is 5.11 Å². The third kappa shape index (κ3) is 8.73. The molecule has 0 aliphatic carbocycles. The van der Waals surface area contributed by atoms with Crippen LogP contribution in [0.1, 0.15) is 13.8 Å². The normalized spacial score (nSPS) is 11.8. The molecule has 0 heterocycles. The first-order valence-corrected chi connectivity index (χ1v) is 12.3. The molecule has 0 saturated carbocycles. The number of hydrogen-bond donors (Lipinski definition) is 0. The molecule has 0 spiro atoms. The third-order valence-corrected chi connectivity index (χ3v) is 6.47. The van der Waals surface area contributed by atoms with Gasteiger partial charge < -0.3 is 9.45 Å². The standard InChI is InChI=1S/C18H22N4O8S2.Na/c1-3-21(4-2)15-7-5-14(6-8-15)19-20-17-10-9-16(13-18(17)22(23)24)31(25,26)12-11-30-32(27,28)29;/h5-10,13H,3-4,11-12H2,1-2H3,(H,27,28,29);/q;+1/p-1. The molecule has 0 bridgehead atoms. The predicted molar refractivity (Wildman–Crippen MR) is 115 cm³/mol. The molecule has 15 heteroatoms.